The van der Waals surface area contributed by atoms with Crippen molar-refractivity contribution in [3.8, 4) is 0 Å². The van der Waals surface area contributed by atoms with Crippen molar-refractivity contribution in [3.05, 3.63) is 35.4 Å². The van der Waals surface area contributed by atoms with Crippen molar-refractivity contribution in [3.63, 3.8) is 0 Å². The molecule has 0 bridgehead atoms. The quantitative estimate of drug-likeness (QED) is 0.817. The predicted molar refractivity (Wildman–Crippen MR) is 80.5 cm³/mol. The van der Waals surface area contributed by atoms with Gasteiger partial charge in [-0.05, 0) is 24.0 Å². The van der Waals surface area contributed by atoms with Gasteiger partial charge in [-0.2, -0.15) is 0 Å². The number of halogens is 1. The summed E-state index contributed by atoms with van der Waals surface area (Å²) in [6.45, 7) is 0. The second kappa shape index (κ2) is 5.15. The van der Waals surface area contributed by atoms with Gasteiger partial charge in [-0.1, -0.05) is 40.2 Å². The average molecular weight is 358 g/mol. The Morgan fingerprint density at radius 3 is 2.75 bits per heavy atom. The molecule has 3 atom stereocenters. The van der Waals surface area contributed by atoms with Crippen LogP contribution in [0.1, 0.15) is 23.6 Å². The highest BCUT2D eigenvalue weighted by Crippen LogP contribution is 2.36. The lowest BCUT2D eigenvalue weighted by Crippen LogP contribution is -2.36. The molecule has 1 saturated heterocycles. The molecule has 3 rings (SSSR count). The zero-order chi connectivity index (χ0) is 14.3. The summed E-state index contributed by atoms with van der Waals surface area (Å²) in [5, 5.41) is 3.01. The monoisotopic (exact) mass is 357 g/mol. The summed E-state index contributed by atoms with van der Waals surface area (Å²) in [6, 6.07) is 7.97. The van der Waals surface area contributed by atoms with E-state index in [0.717, 1.165) is 12.0 Å². The van der Waals surface area contributed by atoms with Crippen molar-refractivity contribution < 1.29 is 13.2 Å². The van der Waals surface area contributed by atoms with E-state index in [1.807, 2.05) is 18.2 Å². The van der Waals surface area contributed by atoms with Crippen molar-refractivity contribution >= 4 is 31.7 Å². The third-order valence-corrected chi connectivity index (χ3v) is 6.69. The van der Waals surface area contributed by atoms with E-state index in [0.29, 0.717) is 6.42 Å². The molecule has 4 nitrogen and oxygen atoms in total. The molecule has 0 aromatic heterocycles. The van der Waals surface area contributed by atoms with E-state index >= 15 is 0 Å². The van der Waals surface area contributed by atoms with E-state index in [2.05, 4.69) is 27.3 Å². The maximum Gasteiger partial charge on any atom is 0.224 e. The van der Waals surface area contributed by atoms with Gasteiger partial charge < -0.3 is 5.32 Å². The normalized spacial score (nSPS) is 30.9. The fourth-order valence-electron chi connectivity index (χ4n) is 2.99. The second-order valence-corrected chi connectivity index (χ2v) is 8.91. The van der Waals surface area contributed by atoms with Gasteiger partial charge in [-0.25, -0.2) is 8.42 Å². The van der Waals surface area contributed by atoms with Gasteiger partial charge in [0.25, 0.3) is 0 Å². The maximum atomic E-state index is 12.2. The van der Waals surface area contributed by atoms with Crippen molar-refractivity contribution in [1.29, 1.82) is 0 Å². The molecule has 0 radical (unpaired) electrons. The number of benzene rings is 1. The molecule has 1 amide bonds. The number of sulfone groups is 1. The van der Waals surface area contributed by atoms with Crippen molar-refractivity contribution in [2.45, 2.75) is 23.7 Å². The minimum absolute atomic E-state index is 0.0137. The molecule has 3 unspecified atom stereocenters. The Morgan fingerprint density at radius 1 is 1.30 bits per heavy atom. The molecule has 1 N–H and O–H groups in total. The Morgan fingerprint density at radius 2 is 2.05 bits per heavy atom. The molecule has 0 saturated carbocycles. The van der Waals surface area contributed by atoms with Gasteiger partial charge in [0.1, 0.15) is 0 Å². The van der Waals surface area contributed by atoms with Gasteiger partial charge in [-0.15, -0.1) is 0 Å². The highest BCUT2D eigenvalue weighted by Gasteiger charge is 2.37. The van der Waals surface area contributed by atoms with Crippen LogP contribution in [0.3, 0.4) is 0 Å². The first-order chi connectivity index (χ1) is 9.46. The first-order valence-corrected chi connectivity index (χ1v) is 9.43. The van der Waals surface area contributed by atoms with E-state index in [1.54, 1.807) is 0 Å². The van der Waals surface area contributed by atoms with E-state index in [9.17, 15) is 13.2 Å². The lowest BCUT2D eigenvalue weighted by Gasteiger charge is -2.19. The van der Waals surface area contributed by atoms with Crippen LogP contribution in [0.2, 0.25) is 0 Å². The molecule has 1 aromatic rings. The minimum atomic E-state index is -3.02. The molecule has 108 valence electrons. The van der Waals surface area contributed by atoms with Crippen LogP contribution in [0.4, 0.5) is 0 Å². The van der Waals surface area contributed by atoms with Crippen LogP contribution in [0.25, 0.3) is 0 Å². The largest absolute Gasteiger partial charge is 0.348 e. The maximum absolute atomic E-state index is 12.2. The molecule has 6 heteroatoms. The number of rotatable bonds is 2. The number of amides is 1. The third kappa shape index (κ3) is 2.63. The Balaban J connectivity index is 1.74. The van der Waals surface area contributed by atoms with Gasteiger partial charge in [0.2, 0.25) is 5.91 Å². The topological polar surface area (TPSA) is 63.2 Å². The SMILES string of the molecule is O=C(NC1c2ccccc2CC1Br)C1CCS(=O)(=O)C1. The molecule has 2 aliphatic rings. The molecular weight excluding hydrogens is 342 g/mol. The Kier molecular flexibility index (Phi) is 3.62. The standard InChI is InChI=1S/C14H16BrNO3S/c15-12-7-9-3-1-2-4-11(9)13(12)16-14(17)10-5-6-20(18,19)8-10/h1-4,10,12-13H,5-8H2,(H,16,17). The summed E-state index contributed by atoms with van der Waals surface area (Å²) in [5.41, 5.74) is 2.36. The van der Waals surface area contributed by atoms with Crippen molar-refractivity contribution in [1.82, 2.24) is 5.32 Å². The molecule has 1 fully saturated rings. The molecule has 1 aliphatic heterocycles. The van der Waals surface area contributed by atoms with Gasteiger partial charge in [0.15, 0.2) is 9.84 Å². The van der Waals surface area contributed by atoms with E-state index < -0.39 is 15.8 Å². The first kappa shape index (κ1) is 14.1. The van der Waals surface area contributed by atoms with Crippen LogP contribution in [0, 0.1) is 5.92 Å². The predicted octanol–water partition coefficient (Wildman–Crippen LogP) is 1.60. The van der Waals surface area contributed by atoms with Crippen LogP contribution in [0.5, 0.6) is 0 Å². The number of alkyl halides is 1. The molecular formula is C14H16BrNO3S. The summed E-state index contributed by atoms with van der Waals surface area (Å²) in [5.74, 6) is -0.422. The molecule has 20 heavy (non-hydrogen) atoms. The zero-order valence-corrected chi connectivity index (χ0v) is 13.3. The van der Waals surface area contributed by atoms with Crippen molar-refractivity contribution in [2.24, 2.45) is 5.92 Å². The van der Waals surface area contributed by atoms with Gasteiger partial charge in [-0.3, -0.25) is 4.79 Å². The molecule has 1 aromatic carbocycles. The van der Waals surface area contributed by atoms with Gasteiger partial charge in [0, 0.05) is 4.83 Å². The molecule has 0 spiro atoms. The average Bonchev–Trinajstić information content (AvgIpc) is 2.91. The number of carbonyl (C=O) groups excluding carboxylic acids is 1. The Labute approximate surface area is 127 Å². The lowest BCUT2D eigenvalue weighted by molar-refractivity contribution is -0.125. The fraction of sp³-hybridized carbons (Fsp3) is 0.500. The van der Waals surface area contributed by atoms with E-state index in [4.69, 9.17) is 0 Å². The van der Waals surface area contributed by atoms with Gasteiger partial charge in [0.05, 0.1) is 23.5 Å². The second-order valence-electron chi connectivity index (χ2n) is 5.51. The summed E-state index contributed by atoms with van der Waals surface area (Å²) >= 11 is 3.61. The molecule has 1 aliphatic carbocycles. The first-order valence-electron chi connectivity index (χ1n) is 6.69. The van der Waals surface area contributed by atoms with Crippen LogP contribution in [0.15, 0.2) is 24.3 Å². The minimum Gasteiger partial charge on any atom is -0.348 e. The van der Waals surface area contributed by atoms with Crippen LogP contribution < -0.4 is 5.32 Å². The van der Waals surface area contributed by atoms with E-state index in [-0.39, 0.29) is 28.3 Å². The third-order valence-electron chi connectivity index (χ3n) is 4.07. The lowest BCUT2D eigenvalue weighted by atomic mass is 10.1. The number of fused-ring (bicyclic) bond motifs is 1. The summed E-state index contributed by atoms with van der Waals surface area (Å²) in [7, 11) is -3.02. The fourth-order valence-corrected chi connectivity index (χ4v) is 5.49. The number of carbonyl (C=O) groups is 1. The van der Waals surface area contributed by atoms with Crippen LogP contribution >= 0.6 is 15.9 Å². The zero-order valence-electron chi connectivity index (χ0n) is 10.9. The summed E-state index contributed by atoms with van der Waals surface area (Å²) < 4.78 is 22.9. The van der Waals surface area contributed by atoms with Crippen LogP contribution in [-0.4, -0.2) is 30.7 Å². The summed E-state index contributed by atoms with van der Waals surface area (Å²) in [4.78, 5) is 12.4. The number of hydrogen-bond acceptors (Lipinski definition) is 3. The Hall–Kier alpha value is -0.880. The van der Waals surface area contributed by atoms with Crippen molar-refractivity contribution in [2.75, 3.05) is 11.5 Å². The Bertz CT molecular complexity index is 644. The number of hydrogen-bond donors (Lipinski definition) is 1. The summed E-state index contributed by atoms with van der Waals surface area (Å²) in [6.07, 6.45) is 1.32. The smallest absolute Gasteiger partial charge is 0.224 e. The number of nitrogens with one attached hydrogen (secondary N) is 1. The van der Waals surface area contributed by atoms with E-state index in [1.165, 1.54) is 5.56 Å². The molecule has 1 heterocycles. The van der Waals surface area contributed by atoms with Gasteiger partial charge >= 0.3 is 0 Å². The highest BCUT2D eigenvalue weighted by molar-refractivity contribution is 9.09. The highest BCUT2D eigenvalue weighted by atomic mass is 79.9. The van der Waals surface area contributed by atoms with Crippen LogP contribution in [-0.2, 0) is 21.1 Å².